The molecular formula is C24H26FN3O3. The largest absolute Gasteiger partial charge is 0.376 e. The first-order chi connectivity index (χ1) is 15.2. The van der Waals surface area contributed by atoms with Gasteiger partial charge in [-0.1, -0.05) is 35.5 Å². The minimum Gasteiger partial charge on any atom is -0.376 e. The highest BCUT2D eigenvalue weighted by molar-refractivity contribution is 5.76. The van der Waals surface area contributed by atoms with Crippen LogP contribution in [-0.2, 0) is 22.5 Å². The van der Waals surface area contributed by atoms with Crippen LogP contribution in [0, 0.1) is 5.82 Å². The van der Waals surface area contributed by atoms with Crippen molar-refractivity contribution in [1.82, 2.24) is 15.0 Å². The van der Waals surface area contributed by atoms with Crippen molar-refractivity contribution in [1.29, 1.82) is 0 Å². The first kappa shape index (κ1) is 21.2. The van der Waals surface area contributed by atoms with Crippen molar-refractivity contribution >= 4 is 5.91 Å². The predicted molar refractivity (Wildman–Crippen MR) is 113 cm³/mol. The zero-order chi connectivity index (χ0) is 21.5. The number of rotatable bonds is 9. The third-order valence-corrected chi connectivity index (χ3v) is 5.37. The lowest BCUT2D eigenvalue weighted by molar-refractivity contribution is -0.133. The van der Waals surface area contributed by atoms with Gasteiger partial charge in [0, 0.05) is 38.1 Å². The Balaban J connectivity index is 1.32. The molecule has 1 atom stereocenters. The quantitative estimate of drug-likeness (QED) is 0.510. The Bertz CT molecular complexity index is 969. The lowest BCUT2D eigenvalue weighted by atomic mass is 10.1. The molecule has 1 saturated heterocycles. The van der Waals surface area contributed by atoms with E-state index in [0.717, 1.165) is 25.0 Å². The SMILES string of the molecule is O=C(CCCc1nc(-c2ccc(F)cc2)no1)N(Cc1ccccc1)CC1CCCO1. The molecule has 0 spiro atoms. The standard InChI is InChI=1S/C24H26FN3O3/c25-20-13-11-19(12-14-20)24-26-22(31-27-24)9-4-10-23(29)28(17-21-8-5-15-30-21)16-18-6-2-1-3-7-18/h1-3,6-7,11-14,21H,4-5,8-10,15-17H2. The first-order valence-electron chi connectivity index (χ1n) is 10.7. The summed E-state index contributed by atoms with van der Waals surface area (Å²) in [5.41, 5.74) is 1.80. The summed E-state index contributed by atoms with van der Waals surface area (Å²) in [6, 6.07) is 16.0. The van der Waals surface area contributed by atoms with Gasteiger partial charge in [0.2, 0.25) is 17.6 Å². The summed E-state index contributed by atoms with van der Waals surface area (Å²) in [6.45, 7) is 1.96. The van der Waals surface area contributed by atoms with Gasteiger partial charge in [-0.25, -0.2) is 4.39 Å². The highest BCUT2D eigenvalue weighted by Crippen LogP contribution is 2.18. The summed E-state index contributed by atoms with van der Waals surface area (Å²) in [5, 5.41) is 3.95. The monoisotopic (exact) mass is 423 g/mol. The summed E-state index contributed by atoms with van der Waals surface area (Å²) in [4.78, 5) is 19.2. The number of hydrogen-bond acceptors (Lipinski definition) is 5. The van der Waals surface area contributed by atoms with E-state index in [0.29, 0.717) is 49.6 Å². The molecule has 0 N–H and O–H groups in total. The second kappa shape index (κ2) is 10.3. The van der Waals surface area contributed by atoms with Crippen LogP contribution in [0.25, 0.3) is 11.4 Å². The number of aromatic nitrogens is 2. The van der Waals surface area contributed by atoms with Gasteiger partial charge in [-0.05, 0) is 49.1 Å². The summed E-state index contributed by atoms with van der Waals surface area (Å²) in [6.07, 6.45) is 3.67. The Morgan fingerprint density at radius 3 is 2.68 bits per heavy atom. The zero-order valence-corrected chi connectivity index (χ0v) is 17.4. The molecule has 6 nitrogen and oxygen atoms in total. The maximum absolute atomic E-state index is 13.1. The number of ether oxygens (including phenoxy) is 1. The van der Waals surface area contributed by atoms with Crippen LogP contribution in [0.3, 0.4) is 0 Å². The Kier molecular flexibility index (Phi) is 7.04. The molecule has 3 aromatic rings. The van der Waals surface area contributed by atoms with Gasteiger partial charge >= 0.3 is 0 Å². The molecular weight excluding hydrogens is 397 g/mol. The van der Waals surface area contributed by atoms with Crippen LogP contribution in [-0.4, -0.2) is 40.2 Å². The predicted octanol–water partition coefficient (Wildman–Crippen LogP) is 4.41. The van der Waals surface area contributed by atoms with Gasteiger partial charge < -0.3 is 14.2 Å². The van der Waals surface area contributed by atoms with Gasteiger partial charge in [0.15, 0.2) is 0 Å². The third-order valence-electron chi connectivity index (χ3n) is 5.37. The molecule has 1 aromatic heterocycles. The number of aryl methyl sites for hydroxylation is 1. The summed E-state index contributed by atoms with van der Waals surface area (Å²) >= 11 is 0. The molecule has 0 bridgehead atoms. The van der Waals surface area contributed by atoms with E-state index >= 15 is 0 Å². The molecule has 0 radical (unpaired) electrons. The minimum absolute atomic E-state index is 0.0950. The summed E-state index contributed by atoms with van der Waals surface area (Å²) < 4.78 is 24.1. The van der Waals surface area contributed by atoms with E-state index in [2.05, 4.69) is 10.1 Å². The smallest absolute Gasteiger partial charge is 0.226 e. The van der Waals surface area contributed by atoms with Crippen molar-refractivity contribution in [2.24, 2.45) is 0 Å². The second-order valence-electron chi connectivity index (χ2n) is 7.77. The van der Waals surface area contributed by atoms with Crippen molar-refractivity contribution < 1.29 is 18.4 Å². The average Bonchev–Trinajstić information content (AvgIpc) is 3.47. The van der Waals surface area contributed by atoms with E-state index in [1.807, 2.05) is 35.2 Å². The highest BCUT2D eigenvalue weighted by atomic mass is 19.1. The van der Waals surface area contributed by atoms with Gasteiger partial charge in [-0.15, -0.1) is 0 Å². The van der Waals surface area contributed by atoms with E-state index < -0.39 is 0 Å². The molecule has 2 aromatic carbocycles. The van der Waals surface area contributed by atoms with Crippen LogP contribution >= 0.6 is 0 Å². The number of carbonyl (C=O) groups is 1. The maximum Gasteiger partial charge on any atom is 0.226 e. The van der Waals surface area contributed by atoms with Crippen molar-refractivity contribution in [3.05, 3.63) is 71.9 Å². The Morgan fingerprint density at radius 2 is 1.94 bits per heavy atom. The van der Waals surface area contributed by atoms with Crippen LogP contribution in [0.15, 0.2) is 59.1 Å². The van der Waals surface area contributed by atoms with E-state index in [9.17, 15) is 9.18 Å². The van der Waals surface area contributed by atoms with Gasteiger partial charge in [0.25, 0.3) is 0 Å². The van der Waals surface area contributed by atoms with Crippen LogP contribution in [0.4, 0.5) is 4.39 Å². The summed E-state index contributed by atoms with van der Waals surface area (Å²) in [7, 11) is 0. The van der Waals surface area contributed by atoms with Crippen molar-refractivity contribution in [3.8, 4) is 11.4 Å². The molecule has 1 fully saturated rings. The van der Waals surface area contributed by atoms with Gasteiger partial charge in [-0.2, -0.15) is 4.98 Å². The molecule has 1 unspecified atom stereocenters. The normalized spacial score (nSPS) is 15.8. The van der Waals surface area contributed by atoms with E-state index in [1.54, 1.807) is 12.1 Å². The number of benzene rings is 2. The second-order valence-corrected chi connectivity index (χ2v) is 7.77. The third kappa shape index (κ3) is 5.98. The van der Waals surface area contributed by atoms with Crippen LogP contribution < -0.4 is 0 Å². The number of hydrogen-bond donors (Lipinski definition) is 0. The number of nitrogens with zero attached hydrogens (tertiary/aromatic N) is 3. The fourth-order valence-corrected chi connectivity index (χ4v) is 3.71. The van der Waals surface area contributed by atoms with Gasteiger partial charge in [0.05, 0.1) is 6.10 Å². The van der Waals surface area contributed by atoms with Gasteiger partial charge in [-0.3, -0.25) is 4.79 Å². The lowest BCUT2D eigenvalue weighted by Gasteiger charge is -2.25. The van der Waals surface area contributed by atoms with Crippen LogP contribution in [0.2, 0.25) is 0 Å². The molecule has 1 aliphatic rings. The molecule has 0 saturated carbocycles. The molecule has 1 aliphatic heterocycles. The highest BCUT2D eigenvalue weighted by Gasteiger charge is 2.23. The molecule has 162 valence electrons. The topological polar surface area (TPSA) is 68.5 Å². The molecule has 2 heterocycles. The molecule has 7 heteroatoms. The van der Waals surface area contributed by atoms with Gasteiger partial charge in [0.1, 0.15) is 5.82 Å². The zero-order valence-electron chi connectivity index (χ0n) is 17.4. The maximum atomic E-state index is 13.1. The first-order valence-corrected chi connectivity index (χ1v) is 10.7. The molecule has 0 aliphatic carbocycles. The van der Waals surface area contributed by atoms with Crippen molar-refractivity contribution in [2.75, 3.05) is 13.2 Å². The molecule has 4 rings (SSSR count). The van der Waals surface area contributed by atoms with E-state index in [1.165, 1.54) is 12.1 Å². The minimum atomic E-state index is -0.311. The van der Waals surface area contributed by atoms with E-state index in [-0.39, 0.29) is 17.8 Å². The fourth-order valence-electron chi connectivity index (χ4n) is 3.71. The van der Waals surface area contributed by atoms with Crippen LogP contribution in [0.5, 0.6) is 0 Å². The number of halogens is 1. The fraction of sp³-hybridized carbons (Fsp3) is 0.375. The summed E-state index contributed by atoms with van der Waals surface area (Å²) in [5.74, 6) is 0.679. The van der Waals surface area contributed by atoms with Crippen molar-refractivity contribution in [3.63, 3.8) is 0 Å². The Morgan fingerprint density at radius 1 is 1.13 bits per heavy atom. The van der Waals surface area contributed by atoms with Crippen LogP contribution in [0.1, 0.15) is 37.1 Å². The Hall–Kier alpha value is -3.06. The Labute approximate surface area is 181 Å². The number of amides is 1. The average molecular weight is 423 g/mol. The lowest BCUT2D eigenvalue weighted by Crippen LogP contribution is -2.36. The number of carbonyl (C=O) groups excluding carboxylic acids is 1. The molecule has 31 heavy (non-hydrogen) atoms. The molecule has 1 amide bonds. The van der Waals surface area contributed by atoms with Crippen molar-refractivity contribution in [2.45, 2.75) is 44.8 Å². The van der Waals surface area contributed by atoms with E-state index in [4.69, 9.17) is 9.26 Å².